The van der Waals surface area contributed by atoms with Gasteiger partial charge in [0.25, 0.3) is 0 Å². The summed E-state index contributed by atoms with van der Waals surface area (Å²) >= 11 is 0. The van der Waals surface area contributed by atoms with E-state index in [1.54, 1.807) is 4.90 Å². The number of amides is 1. The van der Waals surface area contributed by atoms with Gasteiger partial charge in [0.2, 0.25) is 5.91 Å². The summed E-state index contributed by atoms with van der Waals surface area (Å²) in [6.07, 6.45) is 1.12. The van der Waals surface area contributed by atoms with Crippen LogP contribution in [0.4, 0.5) is 28.9 Å². The van der Waals surface area contributed by atoms with Gasteiger partial charge in [-0.2, -0.15) is 8.78 Å². The average molecular weight is 454 g/mol. The van der Waals surface area contributed by atoms with Crippen LogP contribution >= 0.6 is 0 Å². The molecule has 2 aromatic rings. The lowest BCUT2D eigenvalue weighted by molar-refractivity contribution is -0.116. The maximum absolute atomic E-state index is 14.4. The summed E-state index contributed by atoms with van der Waals surface area (Å²) in [6.45, 7) is -2.43. The van der Waals surface area contributed by atoms with Crippen molar-refractivity contribution in [2.24, 2.45) is 0 Å². The van der Waals surface area contributed by atoms with Crippen LogP contribution in [0.25, 0.3) is 0 Å². The molecule has 2 aliphatic heterocycles. The quantitative estimate of drug-likeness (QED) is 0.649. The number of hydrogen-bond acceptors (Lipinski definition) is 5. The molecule has 0 spiro atoms. The van der Waals surface area contributed by atoms with Gasteiger partial charge in [-0.1, -0.05) is 0 Å². The summed E-state index contributed by atoms with van der Waals surface area (Å²) in [5.41, 5.74) is -0.280. The number of alkyl halides is 2. The highest BCUT2D eigenvalue weighted by Crippen LogP contribution is 2.35. The Labute approximate surface area is 181 Å². The van der Waals surface area contributed by atoms with Crippen LogP contribution in [0.3, 0.4) is 0 Å². The third-order valence-electron chi connectivity index (χ3n) is 5.76. The van der Waals surface area contributed by atoms with E-state index in [1.165, 1.54) is 24.3 Å². The Hall–Kier alpha value is -3.01. The molecule has 6 nitrogen and oxygen atoms in total. The first kappa shape index (κ1) is 22.2. The predicted molar refractivity (Wildman–Crippen MR) is 108 cm³/mol. The van der Waals surface area contributed by atoms with E-state index in [0.29, 0.717) is 30.8 Å². The van der Waals surface area contributed by atoms with E-state index in [9.17, 15) is 27.5 Å². The normalized spacial score (nSPS) is 17.7. The number of carbonyl (C=O) groups is 1. The third-order valence-corrected chi connectivity index (χ3v) is 5.76. The van der Waals surface area contributed by atoms with Crippen LogP contribution in [0, 0.1) is 11.6 Å². The van der Waals surface area contributed by atoms with Gasteiger partial charge >= 0.3 is 6.61 Å². The molecule has 4 rings (SSSR count). The second kappa shape index (κ2) is 8.85. The van der Waals surface area contributed by atoms with Crippen LogP contribution in [0.5, 0.6) is 11.5 Å². The van der Waals surface area contributed by atoms with E-state index in [1.807, 2.05) is 0 Å². The lowest BCUT2D eigenvalue weighted by atomic mass is 9.92. The number of nitrogens with one attached hydrogen (secondary N) is 1. The molecule has 0 aromatic heterocycles. The highest BCUT2D eigenvalue weighted by molar-refractivity contribution is 5.94. The molecule has 0 atom stereocenters. The van der Waals surface area contributed by atoms with Gasteiger partial charge < -0.3 is 24.8 Å². The Morgan fingerprint density at radius 3 is 2.53 bits per heavy atom. The molecule has 0 saturated carbocycles. The molecule has 1 saturated heterocycles. The first-order valence-electron chi connectivity index (χ1n) is 10.2. The number of ether oxygens (including phenoxy) is 2. The summed E-state index contributed by atoms with van der Waals surface area (Å²) in [6, 6.07) is 6.22. The minimum absolute atomic E-state index is 0.0451. The summed E-state index contributed by atoms with van der Waals surface area (Å²) in [7, 11) is 0. The molecule has 1 fully saturated rings. The zero-order valence-corrected chi connectivity index (χ0v) is 17.0. The Bertz CT molecular complexity index is 1010. The first-order chi connectivity index (χ1) is 15.2. The van der Waals surface area contributed by atoms with Crippen LogP contribution in [0.1, 0.15) is 24.8 Å². The van der Waals surface area contributed by atoms with E-state index >= 15 is 0 Å². The molecule has 2 N–H and O–H groups in total. The molecule has 0 aliphatic carbocycles. The number of rotatable bonds is 6. The van der Waals surface area contributed by atoms with Crippen molar-refractivity contribution in [3.8, 4) is 11.5 Å². The van der Waals surface area contributed by atoms with Crippen LogP contribution in [0.2, 0.25) is 0 Å². The van der Waals surface area contributed by atoms with Gasteiger partial charge in [0.05, 0.1) is 11.4 Å². The number of piperidine rings is 1. The number of aliphatic hydroxyl groups is 1. The molecule has 0 bridgehead atoms. The van der Waals surface area contributed by atoms with Gasteiger partial charge in [0.15, 0.2) is 0 Å². The molecule has 0 radical (unpaired) electrons. The molecular weight excluding hydrogens is 432 g/mol. The maximum Gasteiger partial charge on any atom is 0.387 e. The molecule has 1 amide bonds. The van der Waals surface area contributed by atoms with Gasteiger partial charge in [-0.05, 0) is 43.5 Å². The zero-order valence-electron chi connectivity index (χ0n) is 17.0. The standard InChI is InChI=1S/C22H22F4N2O4/c23-15-3-5-18(14-2-6-19(29)27-20(14)15)31-12-22(30)7-9-28(10-8-22)17-4-1-13(11-16(17)24)32-21(25)26/h1,3-5,11,21,30H,2,6-10,12H2,(H,27,29). The number of nitrogens with zero attached hydrogens (tertiary/aromatic N) is 1. The van der Waals surface area contributed by atoms with E-state index in [0.717, 1.165) is 6.07 Å². The number of anilines is 2. The molecule has 172 valence electrons. The van der Waals surface area contributed by atoms with Gasteiger partial charge in [-0.25, -0.2) is 8.78 Å². The Morgan fingerprint density at radius 1 is 1.09 bits per heavy atom. The highest BCUT2D eigenvalue weighted by Gasteiger charge is 2.34. The predicted octanol–water partition coefficient (Wildman–Crippen LogP) is 3.86. The molecule has 2 heterocycles. The van der Waals surface area contributed by atoms with Crippen molar-refractivity contribution in [1.82, 2.24) is 0 Å². The lowest BCUT2D eigenvalue weighted by Crippen LogP contribution is -2.48. The molecule has 0 unspecified atom stereocenters. The fourth-order valence-electron chi connectivity index (χ4n) is 4.00. The summed E-state index contributed by atoms with van der Waals surface area (Å²) < 4.78 is 63.0. The first-order valence-corrected chi connectivity index (χ1v) is 10.2. The highest BCUT2D eigenvalue weighted by atomic mass is 19.3. The SMILES string of the molecule is O=C1CCc2c(OCC3(O)CCN(c4ccc(OC(F)F)cc4F)CC3)ccc(F)c2N1. The average Bonchev–Trinajstić information content (AvgIpc) is 2.74. The zero-order chi connectivity index (χ0) is 22.9. The van der Waals surface area contributed by atoms with Gasteiger partial charge in [0, 0.05) is 31.1 Å². The maximum atomic E-state index is 14.4. The summed E-state index contributed by atoms with van der Waals surface area (Å²) in [5, 5.41) is 13.4. The van der Waals surface area contributed by atoms with Crippen LogP contribution in [0.15, 0.2) is 30.3 Å². The number of benzene rings is 2. The minimum Gasteiger partial charge on any atom is -0.490 e. The molecular formula is C22H22F4N2O4. The second-order valence-corrected chi connectivity index (χ2v) is 7.94. The van der Waals surface area contributed by atoms with Crippen molar-refractivity contribution in [1.29, 1.82) is 0 Å². The van der Waals surface area contributed by atoms with E-state index in [-0.39, 0.29) is 48.9 Å². The Kier molecular flexibility index (Phi) is 6.14. The van der Waals surface area contributed by atoms with Crippen molar-refractivity contribution < 1.29 is 36.9 Å². The van der Waals surface area contributed by atoms with Crippen molar-refractivity contribution in [2.45, 2.75) is 37.9 Å². The smallest absolute Gasteiger partial charge is 0.387 e. The van der Waals surface area contributed by atoms with Gasteiger partial charge in [-0.15, -0.1) is 0 Å². The van der Waals surface area contributed by atoms with Crippen molar-refractivity contribution in [3.05, 3.63) is 47.5 Å². The van der Waals surface area contributed by atoms with E-state index < -0.39 is 23.8 Å². The van der Waals surface area contributed by atoms with Crippen molar-refractivity contribution in [3.63, 3.8) is 0 Å². The van der Waals surface area contributed by atoms with Crippen molar-refractivity contribution in [2.75, 3.05) is 29.9 Å². The molecule has 10 heteroatoms. The minimum atomic E-state index is -3.03. The van der Waals surface area contributed by atoms with E-state index in [4.69, 9.17) is 4.74 Å². The number of halogens is 4. The molecule has 2 aromatic carbocycles. The number of carbonyl (C=O) groups excluding carboxylic acids is 1. The Balaban J connectivity index is 1.38. The van der Waals surface area contributed by atoms with E-state index in [2.05, 4.69) is 10.1 Å². The number of fused-ring (bicyclic) bond motifs is 1. The number of hydrogen-bond donors (Lipinski definition) is 2. The third kappa shape index (κ3) is 4.74. The van der Waals surface area contributed by atoms with Gasteiger partial charge in [0.1, 0.15) is 35.3 Å². The summed E-state index contributed by atoms with van der Waals surface area (Å²) in [4.78, 5) is 13.3. The van der Waals surface area contributed by atoms with Gasteiger partial charge in [-0.3, -0.25) is 4.79 Å². The van der Waals surface area contributed by atoms with Crippen molar-refractivity contribution >= 4 is 17.3 Å². The molecule has 32 heavy (non-hydrogen) atoms. The fraction of sp³-hybridized carbons (Fsp3) is 0.409. The topological polar surface area (TPSA) is 71.0 Å². The second-order valence-electron chi connectivity index (χ2n) is 7.94. The van der Waals surface area contributed by atoms with Crippen LogP contribution in [-0.4, -0.2) is 42.9 Å². The largest absolute Gasteiger partial charge is 0.490 e. The molecule has 2 aliphatic rings. The van der Waals surface area contributed by atoms with Crippen LogP contribution in [-0.2, 0) is 11.2 Å². The summed E-state index contributed by atoms with van der Waals surface area (Å²) in [5.74, 6) is -1.36. The van der Waals surface area contributed by atoms with Crippen LogP contribution < -0.4 is 19.7 Å². The fourth-order valence-corrected chi connectivity index (χ4v) is 4.00. The monoisotopic (exact) mass is 454 g/mol. The lowest BCUT2D eigenvalue weighted by Gasteiger charge is -2.39. The Morgan fingerprint density at radius 2 is 1.84 bits per heavy atom.